The second-order valence-corrected chi connectivity index (χ2v) is 2.83. The zero-order valence-corrected chi connectivity index (χ0v) is 5.73. The molecule has 0 aromatic heterocycles. The van der Waals surface area contributed by atoms with Crippen LogP contribution in [0.25, 0.3) is 0 Å². The van der Waals surface area contributed by atoms with Gasteiger partial charge in [-0.15, -0.1) is 0 Å². The molecular weight excluding hydrogens is 148 g/mol. The van der Waals surface area contributed by atoms with Gasteiger partial charge in [0.05, 0.1) is 6.10 Å². The molecule has 0 spiro atoms. The summed E-state index contributed by atoms with van der Waals surface area (Å²) in [6.07, 6.45) is 0.868. The van der Waals surface area contributed by atoms with Crippen LogP contribution in [-0.4, -0.2) is 34.5 Å². The van der Waals surface area contributed by atoms with Gasteiger partial charge in [0, 0.05) is 12.0 Å². The van der Waals surface area contributed by atoms with Crippen LogP contribution in [0.3, 0.4) is 0 Å². The number of epoxide rings is 1. The van der Waals surface area contributed by atoms with E-state index in [-0.39, 0.29) is 17.8 Å². The van der Waals surface area contributed by atoms with E-state index in [1.807, 2.05) is 0 Å². The minimum Gasteiger partial charge on any atom is -0.478 e. The standard InChI is InChI=1S/C7H8O4/c8-4-1-3(7(9)10)2-5-6(4)11-5/h1,4-6,8H,2H2,(H,9,10)/t4-,5+,6-/m1/s1. The van der Waals surface area contributed by atoms with Crippen LogP contribution in [0.4, 0.5) is 0 Å². The molecule has 0 amide bonds. The van der Waals surface area contributed by atoms with E-state index in [1.165, 1.54) is 6.08 Å². The highest BCUT2D eigenvalue weighted by atomic mass is 16.6. The second-order valence-electron chi connectivity index (χ2n) is 2.83. The van der Waals surface area contributed by atoms with Gasteiger partial charge in [-0.3, -0.25) is 0 Å². The Labute approximate surface area is 63.1 Å². The van der Waals surface area contributed by atoms with Gasteiger partial charge in [-0.1, -0.05) is 0 Å². The number of hydrogen-bond donors (Lipinski definition) is 2. The summed E-state index contributed by atoms with van der Waals surface area (Å²) in [4.78, 5) is 10.4. The van der Waals surface area contributed by atoms with Crippen LogP contribution in [0.5, 0.6) is 0 Å². The molecule has 1 fully saturated rings. The molecule has 3 atom stereocenters. The van der Waals surface area contributed by atoms with Crippen molar-refractivity contribution in [1.82, 2.24) is 0 Å². The van der Waals surface area contributed by atoms with Crippen molar-refractivity contribution in [2.24, 2.45) is 0 Å². The van der Waals surface area contributed by atoms with E-state index in [0.29, 0.717) is 6.42 Å². The Morgan fingerprint density at radius 3 is 3.00 bits per heavy atom. The number of aliphatic hydroxyl groups is 1. The first kappa shape index (κ1) is 6.82. The van der Waals surface area contributed by atoms with Crippen LogP contribution < -0.4 is 0 Å². The summed E-state index contributed by atoms with van der Waals surface area (Å²) >= 11 is 0. The Balaban J connectivity index is 2.17. The molecule has 0 unspecified atom stereocenters. The van der Waals surface area contributed by atoms with E-state index in [0.717, 1.165) is 0 Å². The summed E-state index contributed by atoms with van der Waals surface area (Å²) in [6, 6.07) is 0. The van der Waals surface area contributed by atoms with E-state index in [2.05, 4.69) is 0 Å². The van der Waals surface area contributed by atoms with Gasteiger partial charge < -0.3 is 14.9 Å². The van der Waals surface area contributed by atoms with Gasteiger partial charge in [-0.25, -0.2) is 4.79 Å². The lowest BCUT2D eigenvalue weighted by atomic mass is 9.98. The third-order valence-electron chi connectivity index (χ3n) is 2.03. The van der Waals surface area contributed by atoms with Crippen LogP contribution in [0.15, 0.2) is 11.6 Å². The molecule has 2 rings (SSSR count). The fourth-order valence-electron chi connectivity index (χ4n) is 1.37. The Morgan fingerprint density at radius 2 is 2.45 bits per heavy atom. The van der Waals surface area contributed by atoms with Crippen molar-refractivity contribution < 1.29 is 19.7 Å². The Morgan fingerprint density at radius 1 is 1.73 bits per heavy atom. The lowest BCUT2D eigenvalue weighted by molar-refractivity contribution is -0.133. The molecular formula is C7H8O4. The van der Waals surface area contributed by atoms with E-state index in [1.54, 1.807) is 0 Å². The first-order valence-corrected chi connectivity index (χ1v) is 3.46. The van der Waals surface area contributed by atoms with Gasteiger partial charge in [-0.05, 0) is 6.08 Å². The van der Waals surface area contributed by atoms with Crippen molar-refractivity contribution in [3.8, 4) is 0 Å². The summed E-state index contributed by atoms with van der Waals surface area (Å²) in [5, 5.41) is 17.7. The lowest BCUT2D eigenvalue weighted by Crippen LogP contribution is -2.22. The van der Waals surface area contributed by atoms with E-state index < -0.39 is 12.1 Å². The molecule has 4 heteroatoms. The zero-order chi connectivity index (χ0) is 8.01. The van der Waals surface area contributed by atoms with Crippen LogP contribution in [-0.2, 0) is 9.53 Å². The van der Waals surface area contributed by atoms with Gasteiger partial charge in [0.25, 0.3) is 0 Å². The number of carboxylic acids is 1. The van der Waals surface area contributed by atoms with Crippen molar-refractivity contribution in [1.29, 1.82) is 0 Å². The van der Waals surface area contributed by atoms with Gasteiger partial charge >= 0.3 is 5.97 Å². The zero-order valence-electron chi connectivity index (χ0n) is 5.73. The van der Waals surface area contributed by atoms with Crippen LogP contribution in [0.1, 0.15) is 6.42 Å². The number of hydrogen-bond acceptors (Lipinski definition) is 3. The van der Waals surface area contributed by atoms with E-state index in [4.69, 9.17) is 9.84 Å². The first-order valence-electron chi connectivity index (χ1n) is 3.46. The maximum atomic E-state index is 10.4. The number of aliphatic hydroxyl groups excluding tert-OH is 1. The van der Waals surface area contributed by atoms with Gasteiger partial charge in [0.15, 0.2) is 0 Å². The first-order chi connectivity index (χ1) is 5.18. The number of carboxylic acid groups (broad SMARTS) is 1. The van der Waals surface area contributed by atoms with E-state index in [9.17, 15) is 9.90 Å². The third kappa shape index (κ3) is 1.04. The Bertz CT molecular complexity index is 233. The van der Waals surface area contributed by atoms with Crippen molar-refractivity contribution in [3.05, 3.63) is 11.6 Å². The minimum atomic E-state index is -0.960. The molecule has 0 aromatic rings. The van der Waals surface area contributed by atoms with Crippen molar-refractivity contribution in [2.75, 3.05) is 0 Å². The maximum absolute atomic E-state index is 10.4. The highest BCUT2D eigenvalue weighted by Crippen LogP contribution is 2.36. The molecule has 2 aliphatic rings. The molecule has 1 saturated heterocycles. The average Bonchev–Trinajstić information content (AvgIpc) is 2.66. The summed E-state index contributed by atoms with van der Waals surface area (Å²) in [6.45, 7) is 0. The molecule has 2 N–H and O–H groups in total. The maximum Gasteiger partial charge on any atom is 0.331 e. The molecule has 11 heavy (non-hydrogen) atoms. The normalized spacial score (nSPS) is 40.8. The molecule has 60 valence electrons. The van der Waals surface area contributed by atoms with Gasteiger partial charge in [0.1, 0.15) is 12.2 Å². The summed E-state index contributed by atoms with van der Waals surface area (Å²) < 4.78 is 5.01. The molecule has 0 aromatic carbocycles. The molecule has 1 heterocycles. The molecule has 1 aliphatic carbocycles. The Hall–Kier alpha value is -0.870. The van der Waals surface area contributed by atoms with Crippen molar-refractivity contribution in [2.45, 2.75) is 24.7 Å². The topological polar surface area (TPSA) is 70.1 Å². The largest absolute Gasteiger partial charge is 0.478 e. The quantitative estimate of drug-likeness (QED) is 0.503. The van der Waals surface area contributed by atoms with Crippen molar-refractivity contribution >= 4 is 5.97 Å². The van der Waals surface area contributed by atoms with E-state index >= 15 is 0 Å². The number of ether oxygens (including phenoxy) is 1. The monoisotopic (exact) mass is 156 g/mol. The average molecular weight is 156 g/mol. The minimum absolute atomic E-state index is 0.0545. The SMILES string of the molecule is O=C(O)C1=C[C@@H](O)[C@H]2O[C@H]2C1. The number of carbonyl (C=O) groups is 1. The van der Waals surface area contributed by atoms with Crippen molar-refractivity contribution in [3.63, 3.8) is 0 Å². The fraction of sp³-hybridized carbons (Fsp3) is 0.571. The molecule has 4 nitrogen and oxygen atoms in total. The summed E-state index contributed by atoms with van der Waals surface area (Å²) in [5.74, 6) is -0.960. The van der Waals surface area contributed by atoms with Crippen LogP contribution in [0, 0.1) is 0 Å². The summed E-state index contributed by atoms with van der Waals surface area (Å²) in [7, 11) is 0. The summed E-state index contributed by atoms with van der Waals surface area (Å²) in [5.41, 5.74) is 0.260. The molecule has 1 aliphatic heterocycles. The predicted molar refractivity (Wildman–Crippen MR) is 35.0 cm³/mol. The van der Waals surface area contributed by atoms with Crippen LogP contribution >= 0.6 is 0 Å². The fourth-order valence-corrected chi connectivity index (χ4v) is 1.37. The highest BCUT2D eigenvalue weighted by molar-refractivity contribution is 5.87. The third-order valence-corrected chi connectivity index (χ3v) is 2.03. The van der Waals surface area contributed by atoms with Gasteiger partial charge in [0.2, 0.25) is 0 Å². The van der Waals surface area contributed by atoms with Crippen LogP contribution in [0.2, 0.25) is 0 Å². The lowest BCUT2D eigenvalue weighted by Gasteiger charge is -2.08. The Kier molecular flexibility index (Phi) is 1.27. The molecule has 0 saturated carbocycles. The highest BCUT2D eigenvalue weighted by Gasteiger charge is 2.47. The second kappa shape index (κ2) is 2.06. The number of aliphatic carboxylic acids is 1. The smallest absolute Gasteiger partial charge is 0.331 e. The van der Waals surface area contributed by atoms with Gasteiger partial charge in [-0.2, -0.15) is 0 Å². The predicted octanol–water partition coefficient (Wildman–Crippen LogP) is -0.471. The number of rotatable bonds is 1. The molecule has 0 radical (unpaired) electrons. The number of fused-ring (bicyclic) bond motifs is 1. The molecule has 0 bridgehead atoms.